The molecular formula is C47H35Cl2N6O5. The van der Waals surface area contributed by atoms with E-state index in [1.807, 2.05) is 60.7 Å². The molecule has 0 bridgehead atoms. The molecule has 2 aliphatic rings. The molecule has 8 aromatic rings. The van der Waals surface area contributed by atoms with Crippen molar-refractivity contribution in [3.05, 3.63) is 138 Å². The number of alkyl halides is 2. The van der Waals surface area contributed by atoms with Gasteiger partial charge in [-0.1, -0.05) is 48.5 Å². The fraction of sp³-hybridized carbons (Fsp3) is 0.149. The predicted molar refractivity (Wildman–Crippen MR) is 238 cm³/mol. The molecule has 0 aliphatic carbocycles. The van der Waals surface area contributed by atoms with Crippen LogP contribution in [0.2, 0.25) is 0 Å². The van der Waals surface area contributed by atoms with Crippen LogP contribution in [0.3, 0.4) is 0 Å². The number of benzene rings is 6. The van der Waals surface area contributed by atoms with E-state index in [1.54, 1.807) is 58.3 Å². The van der Waals surface area contributed by atoms with Crippen molar-refractivity contribution in [1.82, 2.24) is 9.97 Å². The lowest BCUT2D eigenvalue weighted by Crippen LogP contribution is -2.30. The summed E-state index contributed by atoms with van der Waals surface area (Å²) in [4.78, 5) is 63.2. The molecule has 4 N–H and O–H groups in total. The number of esters is 1. The lowest BCUT2D eigenvalue weighted by atomic mass is 9.95. The van der Waals surface area contributed by atoms with Crippen LogP contribution in [0, 0.1) is 6.07 Å². The molecule has 10 rings (SSSR count). The second-order valence-electron chi connectivity index (χ2n) is 15.2. The van der Waals surface area contributed by atoms with E-state index < -0.39 is 12.0 Å². The molecule has 0 fully saturated rings. The zero-order chi connectivity index (χ0) is 41.2. The van der Waals surface area contributed by atoms with Crippen LogP contribution in [0.5, 0.6) is 5.75 Å². The molecule has 2 aromatic heterocycles. The zero-order valence-corrected chi connectivity index (χ0v) is 33.6. The molecule has 0 saturated carbocycles. The summed E-state index contributed by atoms with van der Waals surface area (Å²) in [5.41, 5.74) is 6.74. The number of hydrogen-bond acceptors (Lipinski definition) is 5. The van der Waals surface area contributed by atoms with Crippen LogP contribution in [0.15, 0.2) is 109 Å². The van der Waals surface area contributed by atoms with Gasteiger partial charge in [0.15, 0.2) is 0 Å². The summed E-state index contributed by atoms with van der Waals surface area (Å²) in [6, 6.07) is 36.4. The van der Waals surface area contributed by atoms with Gasteiger partial charge in [-0.2, -0.15) is 0 Å². The highest BCUT2D eigenvalue weighted by Crippen LogP contribution is 2.46. The molecule has 0 unspecified atom stereocenters. The first-order chi connectivity index (χ1) is 29.2. The minimum atomic E-state index is -0.465. The third-order valence-corrected chi connectivity index (χ3v) is 12.2. The Morgan fingerprint density at radius 1 is 0.683 bits per heavy atom. The van der Waals surface area contributed by atoms with Crippen molar-refractivity contribution in [2.75, 3.05) is 45.3 Å². The lowest BCUT2D eigenvalue weighted by molar-refractivity contribution is -0.131. The molecule has 0 saturated heterocycles. The highest BCUT2D eigenvalue weighted by Gasteiger charge is 2.37. The maximum Gasteiger partial charge on any atom is 0.323 e. The average molecular weight is 835 g/mol. The minimum absolute atomic E-state index is 0.00469. The molecule has 0 spiro atoms. The quantitative estimate of drug-likeness (QED) is 0.0719. The highest BCUT2D eigenvalue weighted by molar-refractivity contribution is 6.20. The van der Waals surface area contributed by atoms with Gasteiger partial charge >= 0.3 is 12.0 Å². The minimum Gasteiger partial charge on any atom is -0.426 e. The molecule has 2 atom stereocenters. The second kappa shape index (κ2) is 14.8. The largest absolute Gasteiger partial charge is 0.426 e. The van der Waals surface area contributed by atoms with Gasteiger partial charge in [-0.25, -0.2) is 4.79 Å². The fourth-order valence-corrected chi connectivity index (χ4v) is 9.30. The summed E-state index contributed by atoms with van der Waals surface area (Å²) in [7, 11) is 0. The summed E-state index contributed by atoms with van der Waals surface area (Å²) < 4.78 is 5.58. The molecule has 297 valence electrons. The standard InChI is InChI=1S/C47H35Cl2N6O5/c1-25(56)60-42-20-41-44(35-9-5-4-8-34(35)42)30(22-49)24-55(41)46(58)39-19-28-17-32(12-14-37(28)53-39)51-47(59)50-31-11-13-36-27(16-31)18-38(52-36)45(57)54-23-29(21-48)43-33-7-3-2-6-26(33)10-15-40(43)54/h2-9,11-20,29-30,52-53H,21-24H2,1H3,(H2,50,51,59)/t29-,30-/m1/s1. The number of aromatic nitrogens is 2. The van der Waals surface area contributed by atoms with E-state index in [2.05, 4.69) is 26.7 Å². The van der Waals surface area contributed by atoms with Gasteiger partial charge in [0, 0.05) is 93.9 Å². The number of fused-ring (bicyclic) bond motifs is 8. The van der Waals surface area contributed by atoms with Crippen molar-refractivity contribution >= 4 is 113 Å². The van der Waals surface area contributed by atoms with Crippen LogP contribution in [-0.2, 0) is 4.79 Å². The van der Waals surface area contributed by atoms with Gasteiger partial charge in [-0.3, -0.25) is 14.4 Å². The van der Waals surface area contributed by atoms with E-state index in [0.29, 0.717) is 64.6 Å². The Kier molecular flexibility index (Phi) is 9.22. The monoisotopic (exact) mass is 833 g/mol. The van der Waals surface area contributed by atoms with E-state index >= 15 is 0 Å². The molecule has 11 nitrogen and oxygen atoms in total. The van der Waals surface area contributed by atoms with Gasteiger partial charge in [0.05, 0.1) is 5.69 Å². The number of carbonyl (C=O) groups is 4. The van der Waals surface area contributed by atoms with Crippen molar-refractivity contribution in [2.45, 2.75) is 18.8 Å². The topological polar surface area (TPSA) is 140 Å². The lowest BCUT2D eigenvalue weighted by Gasteiger charge is -2.18. The van der Waals surface area contributed by atoms with E-state index in [0.717, 1.165) is 54.6 Å². The number of aromatic amines is 2. The summed E-state index contributed by atoms with van der Waals surface area (Å²) in [6.07, 6.45) is 0. The second-order valence-corrected chi connectivity index (χ2v) is 15.8. The van der Waals surface area contributed by atoms with E-state index in [4.69, 9.17) is 27.9 Å². The molecular weight excluding hydrogens is 799 g/mol. The van der Waals surface area contributed by atoms with Crippen LogP contribution in [0.25, 0.3) is 43.4 Å². The summed E-state index contributed by atoms with van der Waals surface area (Å²) in [6.45, 7) is 2.17. The van der Waals surface area contributed by atoms with Crippen molar-refractivity contribution in [3.63, 3.8) is 0 Å². The third kappa shape index (κ3) is 6.38. The van der Waals surface area contributed by atoms with Gasteiger partial charge in [-0.05, 0) is 87.9 Å². The van der Waals surface area contributed by atoms with Crippen LogP contribution in [0.4, 0.5) is 27.5 Å². The van der Waals surface area contributed by atoms with E-state index in [9.17, 15) is 19.2 Å². The van der Waals surface area contributed by atoms with Crippen LogP contribution < -0.4 is 25.2 Å². The summed E-state index contributed by atoms with van der Waals surface area (Å²) >= 11 is 12.9. The first-order valence-corrected chi connectivity index (χ1v) is 20.5. The number of anilines is 4. The first-order valence-electron chi connectivity index (χ1n) is 19.4. The van der Waals surface area contributed by atoms with Crippen molar-refractivity contribution in [2.24, 2.45) is 0 Å². The maximum absolute atomic E-state index is 14.1. The van der Waals surface area contributed by atoms with Gasteiger partial charge < -0.3 is 35.1 Å². The van der Waals surface area contributed by atoms with Gasteiger partial charge in [0.1, 0.15) is 17.1 Å². The van der Waals surface area contributed by atoms with Crippen molar-refractivity contribution in [3.8, 4) is 5.75 Å². The number of urea groups is 1. The smallest absolute Gasteiger partial charge is 0.323 e. The van der Waals surface area contributed by atoms with Gasteiger partial charge in [-0.15, -0.1) is 23.2 Å². The van der Waals surface area contributed by atoms with Gasteiger partial charge in [0.2, 0.25) is 0 Å². The number of hydrogen-bond donors (Lipinski definition) is 4. The molecule has 6 aromatic carbocycles. The number of ether oxygens (including phenoxy) is 1. The number of rotatable bonds is 7. The molecule has 60 heavy (non-hydrogen) atoms. The molecule has 1 radical (unpaired) electrons. The van der Waals surface area contributed by atoms with Crippen LogP contribution >= 0.6 is 23.2 Å². The molecule has 4 heterocycles. The Morgan fingerprint density at radius 2 is 1.22 bits per heavy atom. The normalized spacial score (nSPS) is 15.8. The molecule has 13 heteroatoms. The average Bonchev–Trinajstić information content (AvgIpc) is 4.05. The first kappa shape index (κ1) is 37.5. The fourth-order valence-electron chi connectivity index (χ4n) is 8.79. The van der Waals surface area contributed by atoms with Crippen LogP contribution in [0.1, 0.15) is 50.9 Å². The number of H-pyrrole nitrogens is 2. The number of amides is 4. The highest BCUT2D eigenvalue weighted by atomic mass is 35.5. The zero-order valence-electron chi connectivity index (χ0n) is 32.1. The Morgan fingerprint density at radius 3 is 1.80 bits per heavy atom. The predicted octanol–water partition coefficient (Wildman–Crippen LogP) is 10.3. The maximum atomic E-state index is 14.1. The summed E-state index contributed by atoms with van der Waals surface area (Å²) in [5, 5.41) is 10.9. The van der Waals surface area contributed by atoms with E-state index in [-0.39, 0.29) is 23.7 Å². The van der Waals surface area contributed by atoms with Crippen molar-refractivity contribution < 1.29 is 23.9 Å². The number of nitrogens with zero attached hydrogens (tertiary/aromatic N) is 2. The third-order valence-electron chi connectivity index (χ3n) is 11.4. The molecule has 2 aliphatic heterocycles. The number of halogens is 2. The van der Waals surface area contributed by atoms with Gasteiger partial charge in [0.25, 0.3) is 11.8 Å². The van der Waals surface area contributed by atoms with Crippen molar-refractivity contribution in [1.29, 1.82) is 0 Å². The van der Waals surface area contributed by atoms with E-state index in [1.165, 1.54) is 6.92 Å². The Bertz CT molecular complexity index is 3100. The number of nitrogens with one attached hydrogen (secondary N) is 4. The summed E-state index contributed by atoms with van der Waals surface area (Å²) in [5.74, 6) is 0.0429. The molecule has 4 amide bonds. The number of carbonyl (C=O) groups excluding carboxylic acids is 4. The van der Waals surface area contributed by atoms with Crippen LogP contribution in [-0.4, -0.2) is 58.6 Å². The Labute approximate surface area is 353 Å². The Hall–Kier alpha value is -6.82. The Balaban J connectivity index is 0.848. The SMILES string of the molecule is CC(=O)Oc1cc2c(c3ccccc13)[C@H](CCl)CN2C(=O)c1cc2cc(NC(=O)Nc3ccc4[nH]c(C(=O)N5C[C@@H](CCl)c6c5c[c]c5ccccc65)cc4c3)ccc2[nH]1.